The summed E-state index contributed by atoms with van der Waals surface area (Å²) >= 11 is -2.42. The van der Waals surface area contributed by atoms with Crippen LogP contribution in [0.3, 0.4) is 0 Å². The molecule has 0 aliphatic heterocycles. The molecule has 8 nitrogen and oxygen atoms in total. The smallest absolute Gasteiger partial charge is 0.421 e. The molecule has 182 valence electrons. The number of anilines is 3. The second-order valence-corrected chi connectivity index (χ2v) is 8.49. The number of nitrogens with one attached hydrogen (secondary N) is 3. The maximum absolute atomic E-state index is 13.6. The molecule has 0 spiro atoms. The number of hydrogen-bond acceptors (Lipinski definition) is 7. The quantitative estimate of drug-likeness (QED) is 0.369. The second kappa shape index (κ2) is 11.4. The SMILES string of the molecule is CNCc1ccc(Nc2ncc(C(F)(F)F)c(NCc3ccccc3CN(C)S(=O)[O-])n2)cc1. The Morgan fingerprint density at radius 2 is 1.74 bits per heavy atom. The van der Waals surface area contributed by atoms with Crippen LogP contribution in [0.4, 0.5) is 30.6 Å². The largest absolute Gasteiger partial charge is 0.760 e. The fourth-order valence-electron chi connectivity index (χ4n) is 3.18. The van der Waals surface area contributed by atoms with E-state index in [1.165, 1.54) is 7.05 Å². The number of halogens is 3. The minimum atomic E-state index is -4.66. The normalized spacial score (nSPS) is 12.6. The highest BCUT2D eigenvalue weighted by Gasteiger charge is 2.35. The first-order valence-corrected chi connectivity index (χ1v) is 11.3. The summed E-state index contributed by atoms with van der Waals surface area (Å²) in [6.45, 7) is 0.779. The molecule has 1 atom stereocenters. The van der Waals surface area contributed by atoms with Crippen LogP contribution in [-0.2, 0) is 37.1 Å². The van der Waals surface area contributed by atoms with Crippen molar-refractivity contribution < 1.29 is 21.9 Å². The zero-order valence-electron chi connectivity index (χ0n) is 18.5. The van der Waals surface area contributed by atoms with Gasteiger partial charge in [-0.3, -0.25) is 4.21 Å². The van der Waals surface area contributed by atoms with Crippen LogP contribution in [0.5, 0.6) is 0 Å². The molecule has 2 aromatic carbocycles. The minimum absolute atomic E-state index is 0.00614. The molecule has 0 saturated carbocycles. The molecule has 0 bridgehead atoms. The molecule has 0 radical (unpaired) electrons. The van der Waals surface area contributed by atoms with E-state index >= 15 is 0 Å². The third-order valence-electron chi connectivity index (χ3n) is 4.90. The van der Waals surface area contributed by atoms with Crippen LogP contribution >= 0.6 is 0 Å². The van der Waals surface area contributed by atoms with E-state index in [0.717, 1.165) is 16.1 Å². The Balaban J connectivity index is 1.82. The molecule has 0 saturated heterocycles. The Bertz CT molecular complexity index is 1130. The molecule has 0 aliphatic rings. The van der Waals surface area contributed by atoms with Crippen molar-refractivity contribution >= 4 is 28.7 Å². The molecule has 3 N–H and O–H groups in total. The van der Waals surface area contributed by atoms with Gasteiger partial charge in [-0.25, -0.2) is 9.29 Å². The predicted molar refractivity (Wildman–Crippen MR) is 124 cm³/mol. The monoisotopic (exact) mass is 493 g/mol. The molecule has 1 aromatic heterocycles. The van der Waals surface area contributed by atoms with Gasteiger partial charge in [0.25, 0.3) is 0 Å². The number of benzene rings is 2. The second-order valence-electron chi connectivity index (χ2n) is 7.43. The predicted octanol–water partition coefficient (Wildman–Crippen LogP) is 3.80. The lowest BCUT2D eigenvalue weighted by Gasteiger charge is -2.21. The molecule has 0 aliphatic carbocycles. The van der Waals surface area contributed by atoms with E-state index in [9.17, 15) is 21.9 Å². The molecule has 34 heavy (non-hydrogen) atoms. The summed E-state index contributed by atoms with van der Waals surface area (Å²) in [4.78, 5) is 7.87. The maximum atomic E-state index is 13.6. The van der Waals surface area contributed by atoms with Gasteiger partial charge in [0.05, 0.1) is 0 Å². The third kappa shape index (κ3) is 6.97. The molecular weight excluding hydrogens is 469 g/mol. The van der Waals surface area contributed by atoms with Gasteiger partial charge in [0.15, 0.2) is 0 Å². The van der Waals surface area contributed by atoms with Crippen molar-refractivity contribution in [3.8, 4) is 0 Å². The summed E-state index contributed by atoms with van der Waals surface area (Å²) in [5.41, 5.74) is 1.97. The highest BCUT2D eigenvalue weighted by atomic mass is 32.2. The van der Waals surface area contributed by atoms with E-state index in [1.807, 2.05) is 19.2 Å². The van der Waals surface area contributed by atoms with E-state index < -0.39 is 23.0 Å². The summed E-state index contributed by atoms with van der Waals surface area (Å²) in [6.07, 6.45) is -3.93. The Kier molecular flexibility index (Phi) is 8.56. The van der Waals surface area contributed by atoms with Gasteiger partial charge in [0.2, 0.25) is 5.95 Å². The minimum Gasteiger partial charge on any atom is -0.760 e. The number of hydrogen-bond donors (Lipinski definition) is 3. The average molecular weight is 494 g/mol. The molecule has 1 heterocycles. The third-order valence-corrected chi connectivity index (χ3v) is 5.54. The topological polar surface area (TPSA) is 105 Å². The van der Waals surface area contributed by atoms with E-state index in [2.05, 4.69) is 25.9 Å². The Morgan fingerprint density at radius 1 is 1.06 bits per heavy atom. The van der Waals surface area contributed by atoms with Crippen molar-refractivity contribution in [3.63, 3.8) is 0 Å². The Morgan fingerprint density at radius 3 is 2.35 bits per heavy atom. The summed E-state index contributed by atoms with van der Waals surface area (Å²) in [6, 6.07) is 14.2. The van der Waals surface area contributed by atoms with E-state index in [1.54, 1.807) is 36.4 Å². The molecule has 3 rings (SSSR count). The van der Waals surface area contributed by atoms with E-state index in [-0.39, 0.29) is 24.9 Å². The van der Waals surface area contributed by atoms with Gasteiger partial charge in [-0.2, -0.15) is 18.2 Å². The molecule has 3 aromatic rings. The maximum Gasteiger partial charge on any atom is 0.421 e. The van der Waals surface area contributed by atoms with Gasteiger partial charge in [-0.1, -0.05) is 36.4 Å². The fraction of sp³-hybridized carbons (Fsp3) is 0.273. The van der Waals surface area contributed by atoms with E-state index in [0.29, 0.717) is 23.4 Å². The van der Waals surface area contributed by atoms with Crippen LogP contribution in [0.15, 0.2) is 54.7 Å². The van der Waals surface area contributed by atoms with Crippen LogP contribution < -0.4 is 16.0 Å². The molecule has 0 fully saturated rings. The first-order chi connectivity index (χ1) is 16.2. The zero-order valence-corrected chi connectivity index (χ0v) is 19.3. The highest BCUT2D eigenvalue weighted by Crippen LogP contribution is 2.34. The van der Waals surface area contributed by atoms with Crippen molar-refractivity contribution in [1.82, 2.24) is 19.6 Å². The van der Waals surface area contributed by atoms with Gasteiger partial charge >= 0.3 is 6.18 Å². The first-order valence-electron chi connectivity index (χ1n) is 10.2. The van der Waals surface area contributed by atoms with Crippen LogP contribution in [0, 0.1) is 0 Å². The fourth-order valence-corrected chi connectivity index (χ4v) is 3.42. The molecule has 12 heteroatoms. The van der Waals surface area contributed by atoms with Crippen molar-refractivity contribution in [2.45, 2.75) is 25.8 Å². The van der Waals surface area contributed by atoms with Crippen molar-refractivity contribution in [3.05, 3.63) is 77.0 Å². The lowest BCUT2D eigenvalue weighted by atomic mass is 10.1. The van der Waals surface area contributed by atoms with Crippen molar-refractivity contribution in [1.29, 1.82) is 0 Å². The van der Waals surface area contributed by atoms with Crippen LogP contribution in [0.2, 0.25) is 0 Å². The van der Waals surface area contributed by atoms with Gasteiger partial charge in [0.1, 0.15) is 11.4 Å². The standard InChI is InChI=1S/C22H25F3N6O2S/c1-26-11-15-7-9-18(10-8-15)29-21-28-13-19(22(23,24)25)20(30-21)27-12-16-5-3-4-6-17(16)14-31(2)34(32)33/h3-10,13,26H,11-12,14H2,1-2H3,(H,32,33)(H2,27,28,29,30)/p-1. The number of alkyl halides is 3. The van der Waals surface area contributed by atoms with E-state index in [4.69, 9.17) is 0 Å². The Labute approximate surface area is 198 Å². The molecular formula is C22H24F3N6O2S-. The van der Waals surface area contributed by atoms with Gasteiger partial charge < -0.3 is 20.5 Å². The van der Waals surface area contributed by atoms with Crippen molar-refractivity contribution in [2.75, 3.05) is 24.7 Å². The number of rotatable bonds is 10. The number of aromatic nitrogens is 2. The summed E-state index contributed by atoms with van der Waals surface area (Å²) in [7, 11) is 3.24. The molecule has 0 amide bonds. The first kappa shape index (κ1) is 25.6. The van der Waals surface area contributed by atoms with Gasteiger partial charge in [-0.05, 0) is 42.9 Å². The summed E-state index contributed by atoms with van der Waals surface area (Å²) in [5.74, 6) is -0.376. The summed E-state index contributed by atoms with van der Waals surface area (Å²) in [5, 5.41) is 8.69. The average Bonchev–Trinajstić information content (AvgIpc) is 2.79. The molecule has 1 unspecified atom stereocenters. The highest BCUT2D eigenvalue weighted by molar-refractivity contribution is 7.76. The van der Waals surface area contributed by atoms with Crippen LogP contribution in [-0.4, -0.2) is 37.1 Å². The Hall–Kier alpha value is -3.06. The van der Waals surface area contributed by atoms with Crippen LogP contribution in [0.25, 0.3) is 0 Å². The van der Waals surface area contributed by atoms with Gasteiger partial charge in [0, 0.05) is 42.8 Å². The lowest BCUT2D eigenvalue weighted by molar-refractivity contribution is -0.137. The van der Waals surface area contributed by atoms with Gasteiger partial charge in [-0.15, -0.1) is 0 Å². The lowest BCUT2D eigenvalue weighted by Crippen LogP contribution is -2.21. The summed E-state index contributed by atoms with van der Waals surface area (Å²) < 4.78 is 64.1. The van der Waals surface area contributed by atoms with Crippen molar-refractivity contribution in [2.24, 2.45) is 0 Å². The number of nitrogens with zero attached hydrogens (tertiary/aromatic N) is 3. The zero-order chi connectivity index (χ0) is 24.7. The van der Waals surface area contributed by atoms with Crippen LogP contribution in [0.1, 0.15) is 22.3 Å².